The Morgan fingerprint density at radius 2 is 1.68 bits per heavy atom. The number of fused-ring (bicyclic) bond motifs is 3. The molecule has 2 aliphatic heterocycles. The van der Waals surface area contributed by atoms with E-state index in [4.69, 9.17) is 11.6 Å². The zero-order valence-electron chi connectivity index (χ0n) is 23.1. The molecule has 0 saturated carbocycles. The number of halogens is 1. The lowest BCUT2D eigenvalue weighted by Crippen LogP contribution is -2.48. The van der Waals surface area contributed by atoms with Gasteiger partial charge < -0.3 is 10.2 Å². The van der Waals surface area contributed by atoms with E-state index in [0.717, 1.165) is 80.0 Å². The summed E-state index contributed by atoms with van der Waals surface area (Å²) in [5, 5.41) is 13.3. The number of amides is 1. The number of nitrogens with zero attached hydrogens (tertiary/aromatic N) is 5. The average molecular weight is 555 g/mol. The molecular formula is C32H35ClN6O. The molecule has 0 bridgehead atoms. The predicted octanol–water partition coefficient (Wildman–Crippen LogP) is 5.70. The monoisotopic (exact) mass is 554 g/mol. The van der Waals surface area contributed by atoms with Crippen molar-refractivity contribution >= 4 is 23.2 Å². The van der Waals surface area contributed by atoms with E-state index in [1.54, 1.807) is 6.92 Å². The lowest BCUT2D eigenvalue weighted by molar-refractivity contribution is -0.130. The molecular weight excluding hydrogens is 520 g/mol. The Balaban J connectivity index is 1.22. The fraction of sp³-hybridized carbons (Fsp3) is 0.344. The highest BCUT2D eigenvalue weighted by molar-refractivity contribution is 6.30. The molecule has 1 fully saturated rings. The Morgan fingerprint density at radius 3 is 2.40 bits per heavy atom. The number of hydrogen-bond acceptors (Lipinski definition) is 5. The summed E-state index contributed by atoms with van der Waals surface area (Å²) in [6.07, 6.45) is 2.76. The molecule has 1 saturated heterocycles. The van der Waals surface area contributed by atoms with Gasteiger partial charge in [0.1, 0.15) is 11.6 Å². The summed E-state index contributed by atoms with van der Waals surface area (Å²) in [5.74, 6) is 2.08. The highest BCUT2D eigenvalue weighted by atomic mass is 35.5. The van der Waals surface area contributed by atoms with Crippen LogP contribution in [0.5, 0.6) is 0 Å². The number of carbonyl (C=O) groups is 1. The van der Waals surface area contributed by atoms with Crippen LogP contribution in [0.1, 0.15) is 42.2 Å². The molecule has 6 rings (SSSR count). The van der Waals surface area contributed by atoms with E-state index in [-0.39, 0.29) is 11.9 Å². The molecule has 8 heteroatoms. The van der Waals surface area contributed by atoms with Crippen LogP contribution in [0.2, 0.25) is 5.02 Å². The number of rotatable bonds is 6. The van der Waals surface area contributed by atoms with E-state index >= 15 is 0 Å². The summed E-state index contributed by atoms with van der Waals surface area (Å²) in [6, 6.07) is 23.7. The Kier molecular flexibility index (Phi) is 7.59. The van der Waals surface area contributed by atoms with Crippen LogP contribution in [0.25, 0.3) is 16.8 Å². The van der Waals surface area contributed by atoms with Gasteiger partial charge in [-0.1, -0.05) is 41.9 Å². The summed E-state index contributed by atoms with van der Waals surface area (Å²) >= 11 is 6.14. The first-order chi connectivity index (χ1) is 19.4. The summed E-state index contributed by atoms with van der Waals surface area (Å²) in [5.41, 5.74) is 7.15. The van der Waals surface area contributed by atoms with Crippen LogP contribution in [-0.4, -0.2) is 63.2 Å². The van der Waals surface area contributed by atoms with Crippen LogP contribution in [0.3, 0.4) is 0 Å². The Morgan fingerprint density at radius 1 is 0.950 bits per heavy atom. The molecule has 1 aromatic heterocycles. The van der Waals surface area contributed by atoms with Crippen LogP contribution < -0.4 is 5.32 Å². The van der Waals surface area contributed by atoms with Gasteiger partial charge in [-0.25, -0.2) is 0 Å². The normalized spacial score (nSPS) is 17.2. The summed E-state index contributed by atoms with van der Waals surface area (Å²) < 4.78 is 2.20. The van der Waals surface area contributed by atoms with Crippen molar-refractivity contribution in [3.05, 3.63) is 94.5 Å². The van der Waals surface area contributed by atoms with E-state index in [0.29, 0.717) is 0 Å². The molecule has 0 radical (unpaired) electrons. The molecule has 1 amide bonds. The Bertz CT molecular complexity index is 1490. The van der Waals surface area contributed by atoms with Gasteiger partial charge in [-0.15, -0.1) is 10.2 Å². The molecule has 40 heavy (non-hydrogen) atoms. The van der Waals surface area contributed by atoms with Gasteiger partial charge in [0.05, 0.1) is 11.7 Å². The molecule has 0 aliphatic carbocycles. The highest BCUT2D eigenvalue weighted by Crippen LogP contribution is 2.36. The van der Waals surface area contributed by atoms with E-state index < -0.39 is 0 Å². The SMILES string of the molecule is CC(=O)N1CCN(CCc2ccc(-c3ccc4c(c3)C(Nc3ccc(Cl)cc3)CCc3nnc(C)n3-4)cc2)CC1. The molecule has 0 spiro atoms. The van der Waals surface area contributed by atoms with Crippen molar-refractivity contribution in [1.29, 1.82) is 0 Å². The van der Waals surface area contributed by atoms with Crippen molar-refractivity contribution in [2.45, 2.75) is 39.2 Å². The first kappa shape index (κ1) is 26.5. The molecule has 1 unspecified atom stereocenters. The van der Waals surface area contributed by atoms with Crippen molar-refractivity contribution in [2.75, 3.05) is 38.0 Å². The topological polar surface area (TPSA) is 66.3 Å². The van der Waals surface area contributed by atoms with Crippen LogP contribution in [-0.2, 0) is 17.6 Å². The van der Waals surface area contributed by atoms with Crippen molar-refractivity contribution < 1.29 is 4.79 Å². The van der Waals surface area contributed by atoms with Gasteiger partial charge in [-0.3, -0.25) is 14.3 Å². The van der Waals surface area contributed by atoms with Gasteiger partial charge in [0.2, 0.25) is 5.91 Å². The summed E-state index contributed by atoms with van der Waals surface area (Å²) in [4.78, 5) is 16.0. The number of aromatic nitrogens is 3. The molecule has 4 aromatic rings. The standard InChI is InChI=1S/C32H35ClN6O/c1-22-35-36-32-14-12-30(34-28-10-8-27(33)9-11-28)29-21-26(7-13-31(29)39(22)32)25-5-3-24(4-6-25)15-16-37-17-19-38(20-18-37)23(2)40/h3-11,13,21,30,34H,12,14-20H2,1-2H3. The number of carbonyl (C=O) groups excluding carboxylic acids is 1. The number of benzene rings is 3. The van der Waals surface area contributed by atoms with E-state index in [9.17, 15) is 4.79 Å². The fourth-order valence-electron chi connectivity index (χ4n) is 5.86. The lowest BCUT2D eigenvalue weighted by Gasteiger charge is -2.34. The number of piperazine rings is 1. The number of anilines is 1. The second kappa shape index (κ2) is 11.4. The largest absolute Gasteiger partial charge is 0.378 e. The number of nitrogens with one attached hydrogen (secondary N) is 1. The van der Waals surface area contributed by atoms with E-state index in [2.05, 4.69) is 67.4 Å². The average Bonchev–Trinajstić information content (AvgIpc) is 3.27. The zero-order valence-corrected chi connectivity index (χ0v) is 23.9. The van der Waals surface area contributed by atoms with Gasteiger partial charge in [-0.05, 0) is 78.4 Å². The van der Waals surface area contributed by atoms with Gasteiger partial charge in [0.15, 0.2) is 0 Å². The van der Waals surface area contributed by atoms with E-state index in [1.807, 2.05) is 36.1 Å². The molecule has 1 N–H and O–H groups in total. The molecule has 3 aromatic carbocycles. The molecule has 7 nitrogen and oxygen atoms in total. The number of hydrogen-bond donors (Lipinski definition) is 1. The summed E-state index contributed by atoms with van der Waals surface area (Å²) in [7, 11) is 0. The van der Waals surface area contributed by atoms with Crippen molar-refractivity contribution in [3.63, 3.8) is 0 Å². The molecule has 1 atom stereocenters. The van der Waals surface area contributed by atoms with Crippen LogP contribution in [0.4, 0.5) is 5.69 Å². The molecule has 2 aliphatic rings. The third kappa shape index (κ3) is 5.62. The third-order valence-electron chi connectivity index (χ3n) is 8.20. The van der Waals surface area contributed by atoms with Gasteiger partial charge in [-0.2, -0.15) is 0 Å². The smallest absolute Gasteiger partial charge is 0.219 e. The van der Waals surface area contributed by atoms with Crippen molar-refractivity contribution in [2.24, 2.45) is 0 Å². The zero-order chi connectivity index (χ0) is 27.6. The minimum atomic E-state index is 0.125. The van der Waals surface area contributed by atoms with Gasteiger partial charge >= 0.3 is 0 Å². The maximum absolute atomic E-state index is 11.6. The van der Waals surface area contributed by atoms with Crippen molar-refractivity contribution in [3.8, 4) is 16.8 Å². The lowest BCUT2D eigenvalue weighted by atomic mass is 9.95. The molecule has 3 heterocycles. The van der Waals surface area contributed by atoms with E-state index in [1.165, 1.54) is 22.3 Å². The highest BCUT2D eigenvalue weighted by Gasteiger charge is 2.25. The quantitative estimate of drug-likeness (QED) is 0.331. The minimum Gasteiger partial charge on any atom is -0.378 e. The van der Waals surface area contributed by atoms with Gasteiger partial charge in [0.25, 0.3) is 0 Å². The number of aryl methyl sites for hydroxylation is 2. The van der Waals surface area contributed by atoms with Crippen molar-refractivity contribution in [1.82, 2.24) is 24.6 Å². The second-order valence-electron chi connectivity index (χ2n) is 10.8. The Labute approximate surface area is 240 Å². The minimum absolute atomic E-state index is 0.125. The Hall–Kier alpha value is -3.68. The summed E-state index contributed by atoms with van der Waals surface area (Å²) in [6.45, 7) is 8.25. The predicted molar refractivity (Wildman–Crippen MR) is 160 cm³/mol. The maximum atomic E-state index is 11.6. The molecule has 206 valence electrons. The van der Waals surface area contributed by atoms with Crippen LogP contribution in [0.15, 0.2) is 66.7 Å². The van der Waals surface area contributed by atoms with Gasteiger partial charge in [0, 0.05) is 56.8 Å². The second-order valence-corrected chi connectivity index (χ2v) is 11.2. The first-order valence-electron chi connectivity index (χ1n) is 14.1. The van der Waals surface area contributed by atoms with Crippen LogP contribution in [0, 0.1) is 6.92 Å². The van der Waals surface area contributed by atoms with Crippen LogP contribution >= 0.6 is 11.6 Å². The maximum Gasteiger partial charge on any atom is 0.219 e. The fourth-order valence-corrected chi connectivity index (χ4v) is 5.99. The first-order valence-corrected chi connectivity index (χ1v) is 14.5. The third-order valence-corrected chi connectivity index (χ3v) is 8.45.